The molecule has 1 heterocycles. The quantitative estimate of drug-likeness (QED) is 0.706. The topological polar surface area (TPSA) is 61.6 Å². The Morgan fingerprint density at radius 2 is 1.77 bits per heavy atom. The Morgan fingerprint density at radius 1 is 1.08 bits per heavy atom. The number of aromatic nitrogens is 2. The molecule has 1 N–H and O–H groups in total. The summed E-state index contributed by atoms with van der Waals surface area (Å²) >= 11 is 5.95. The molecule has 3 aromatic rings. The van der Waals surface area contributed by atoms with Crippen molar-refractivity contribution < 1.29 is 0 Å². The molecule has 0 bridgehead atoms. The number of halogens is 1. The van der Waals surface area contributed by atoms with Crippen LogP contribution in [0.5, 0.6) is 0 Å². The van der Waals surface area contributed by atoms with Crippen molar-refractivity contribution in [1.82, 2.24) is 15.3 Å². The first-order chi connectivity index (χ1) is 12.5. The predicted molar refractivity (Wildman–Crippen MR) is 104 cm³/mol. The van der Waals surface area contributed by atoms with Gasteiger partial charge in [-0.05, 0) is 61.9 Å². The van der Waals surface area contributed by atoms with Crippen LogP contribution in [0.2, 0.25) is 5.02 Å². The Balaban J connectivity index is 1.73. The van der Waals surface area contributed by atoms with Gasteiger partial charge in [0.15, 0.2) is 5.82 Å². The van der Waals surface area contributed by atoms with Gasteiger partial charge in [-0.1, -0.05) is 23.7 Å². The highest BCUT2D eigenvalue weighted by atomic mass is 35.5. The van der Waals surface area contributed by atoms with Crippen LogP contribution < -0.4 is 5.32 Å². The molecule has 1 atom stereocenters. The van der Waals surface area contributed by atoms with Crippen LogP contribution >= 0.6 is 11.6 Å². The third-order valence-corrected chi connectivity index (χ3v) is 4.39. The standard InChI is InChI=1S/C21H19ClN4/c1-14-11-20(26-21(25-14)18-7-9-19(22)10-8-18)13-24-15(2)17-5-3-16(12-23)4-6-17/h3-11,15,24H,13H2,1-2H3/t15-/m0/s1. The zero-order valence-electron chi connectivity index (χ0n) is 14.7. The molecule has 0 spiro atoms. The molecular formula is C21H19ClN4. The lowest BCUT2D eigenvalue weighted by Crippen LogP contribution is -2.19. The second-order valence-corrected chi connectivity index (χ2v) is 6.60. The maximum absolute atomic E-state index is 8.89. The van der Waals surface area contributed by atoms with Gasteiger partial charge in [0.05, 0.1) is 17.3 Å². The third-order valence-electron chi connectivity index (χ3n) is 4.14. The summed E-state index contributed by atoms with van der Waals surface area (Å²) in [7, 11) is 0. The van der Waals surface area contributed by atoms with Crippen molar-refractivity contribution in [1.29, 1.82) is 5.26 Å². The van der Waals surface area contributed by atoms with E-state index in [1.54, 1.807) is 0 Å². The van der Waals surface area contributed by atoms with Gasteiger partial charge in [0, 0.05) is 28.9 Å². The number of aryl methyl sites for hydroxylation is 1. The average molecular weight is 363 g/mol. The minimum absolute atomic E-state index is 0.150. The monoisotopic (exact) mass is 362 g/mol. The largest absolute Gasteiger partial charge is 0.305 e. The van der Waals surface area contributed by atoms with E-state index in [9.17, 15) is 0 Å². The van der Waals surface area contributed by atoms with Crippen LogP contribution in [0.1, 0.15) is 35.5 Å². The molecule has 0 radical (unpaired) electrons. The molecule has 5 heteroatoms. The van der Waals surface area contributed by atoms with Crippen LogP contribution in [0.25, 0.3) is 11.4 Å². The summed E-state index contributed by atoms with van der Waals surface area (Å²) in [5.74, 6) is 0.699. The lowest BCUT2D eigenvalue weighted by molar-refractivity contribution is 0.567. The Morgan fingerprint density at radius 3 is 2.42 bits per heavy atom. The molecular weight excluding hydrogens is 344 g/mol. The number of rotatable bonds is 5. The van der Waals surface area contributed by atoms with E-state index in [2.05, 4.69) is 28.3 Å². The third kappa shape index (κ3) is 4.45. The first-order valence-electron chi connectivity index (χ1n) is 8.39. The number of nitrogens with one attached hydrogen (secondary N) is 1. The summed E-state index contributed by atoms with van der Waals surface area (Å²) in [5.41, 5.74) is 4.60. The fraction of sp³-hybridized carbons (Fsp3) is 0.190. The Labute approximate surface area is 158 Å². The molecule has 4 nitrogen and oxygen atoms in total. The van der Waals surface area contributed by atoms with Crippen LogP contribution in [-0.4, -0.2) is 9.97 Å². The van der Waals surface area contributed by atoms with E-state index in [0.29, 0.717) is 23.0 Å². The molecule has 0 aliphatic carbocycles. The molecule has 0 amide bonds. The van der Waals surface area contributed by atoms with Crippen LogP contribution in [0.3, 0.4) is 0 Å². The molecule has 2 aromatic carbocycles. The highest BCUT2D eigenvalue weighted by Crippen LogP contribution is 2.19. The molecule has 0 saturated heterocycles. The Hall–Kier alpha value is -2.74. The van der Waals surface area contributed by atoms with Gasteiger partial charge < -0.3 is 5.32 Å². The minimum Gasteiger partial charge on any atom is -0.305 e. The summed E-state index contributed by atoms with van der Waals surface area (Å²) < 4.78 is 0. The second kappa shape index (κ2) is 8.09. The van der Waals surface area contributed by atoms with Gasteiger partial charge in [-0.25, -0.2) is 9.97 Å². The van der Waals surface area contributed by atoms with E-state index < -0.39 is 0 Å². The summed E-state index contributed by atoms with van der Waals surface area (Å²) in [4.78, 5) is 9.19. The molecule has 0 aliphatic heterocycles. The normalized spacial score (nSPS) is 11.8. The summed E-state index contributed by atoms with van der Waals surface area (Å²) in [5, 5.41) is 13.1. The molecule has 0 unspecified atom stereocenters. The highest BCUT2D eigenvalue weighted by Gasteiger charge is 2.08. The molecule has 0 fully saturated rings. The number of benzene rings is 2. The zero-order chi connectivity index (χ0) is 18.5. The van der Waals surface area contributed by atoms with Gasteiger partial charge in [-0.3, -0.25) is 0 Å². The Kier molecular flexibility index (Phi) is 5.62. The van der Waals surface area contributed by atoms with E-state index in [-0.39, 0.29) is 6.04 Å². The van der Waals surface area contributed by atoms with Gasteiger partial charge in [-0.15, -0.1) is 0 Å². The summed E-state index contributed by atoms with van der Waals surface area (Å²) in [6.45, 7) is 4.69. The fourth-order valence-electron chi connectivity index (χ4n) is 2.67. The van der Waals surface area contributed by atoms with Crippen molar-refractivity contribution in [3.05, 3.63) is 82.1 Å². The average Bonchev–Trinajstić information content (AvgIpc) is 2.66. The number of nitrogens with zero attached hydrogens (tertiary/aromatic N) is 3. The van der Waals surface area contributed by atoms with Crippen molar-refractivity contribution >= 4 is 11.6 Å². The fourth-order valence-corrected chi connectivity index (χ4v) is 2.80. The van der Waals surface area contributed by atoms with Gasteiger partial charge in [-0.2, -0.15) is 5.26 Å². The number of nitriles is 1. The van der Waals surface area contributed by atoms with Crippen LogP contribution in [0, 0.1) is 18.3 Å². The lowest BCUT2D eigenvalue weighted by atomic mass is 10.1. The molecule has 1 aromatic heterocycles. The van der Waals surface area contributed by atoms with Crippen molar-refractivity contribution in [3.63, 3.8) is 0 Å². The van der Waals surface area contributed by atoms with Crippen molar-refractivity contribution in [3.8, 4) is 17.5 Å². The lowest BCUT2D eigenvalue weighted by Gasteiger charge is -2.15. The smallest absolute Gasteiger partial charge is 0.159 e. The zero-order valence-corrected chi connectivity index (χ0v) is 15.5. The molecule has 3 rings (SSSR count). The number of hydrogen-bond donors (Lipinski definition) is 1. The van der Waals surface area contributed by atoms with Crippen LogP contribution in [0.15, 0.2) is 54.6 Å². The van der Waals surface area contributed by atoms with Gasteiger partial charge in [0.25, 0.3) is 0 Å². The first-order valence-corrected chi connectivity index (χ1v) is 8.77. The maximum Gasteiger partial charge on any atom is 0.159 e. The van der Waals surface area contributed by atoms with E-state index in [1.165, 1.54) is 0 Å². The summed E-state index contributed by atoms with van der Waals surface area (Å²) in [6, 6.07) is 19.4. The molecule has 130 valence electrons. The van der Waals surface area contributed by atoms with Gasteiger partial charge >= 0.3 is 0 Å². The van der Waals surface area contributed by atoms with Gasteiger partial charge in [0.2, 0.25) is 0 Å². The van der Waals surface area contributed by atoms with E-state index in [1.807, 2.05) is 61.5 Å². The van der Waals surface area contributed by atoms with E-state index >= 15 is 0 Å². The van der Waals surface area contributed by atoms with Crippen molar-refractivity contribution in [2.24, 2.45) is 0 Å². The first kappa shape index (κ1) is 18.1. The molecule has 0 aliphatic rings. The van der Waals surface area contributed by atoms with Gasteiger partial charge in [0.1, 0.15) is 0 Å². The van der Waals surface area contributed by atoms with Crippen LogP contribution in [-0.2, 0) is 6.54 Å². The minimum atomic E-state index is 0.150. The molecule has 26 heavy (non-hydrogen) atoms. The van der Waals surface area contributed by atoms with Crippen molar-refractivity contribution in [2.75, 3.05) is 0 Å². The molecule has 0 saturated carbocycles. The summed E-state index contributed by atoms with van der Waals surface area (Å²) in [6.07, 6.45) is 0. The highest BCUT2D eigenvalue weighted by molar-refractivity contribution is 6.30. The number of hydrogen-bond acceptors (Lipinski definition) is 4. The Bertz CT molecular complexity index is 928. The predicted octanol–water partition coefficient (Wildman–Crippen LogP) is 4.83. The second-order valence-electron chi connectivity index (χ2n) is 6.17. The van der Waals surface area contributed by atoms with Crippen molar-refractivity contribution in [2.45, 2.75) is 26.4 Å². The van der Waals surface area contributed by atoms with E-state index in [4.69, 9.17) is 16.9 Å². The maximum atomic E-state index is 8.89. The van der Waals surface area contributed by atoms with E-state index in [0.717, 1.165) is 22.5 Å². The van der Waals surface area contributed by atoms with Crippen LogP contribution in [0.4, 0.5) is 0 Å². The SMILES string of the molecule is Cc1cc(CN[C@@H](C)c2ccc(C#N)cc2)nc(-c2ccc(Cl)cc2)n1.